The molecule has 4 aromatic rings. The van der Waals surface area contributed by atoms with Gasteiger partial charge in [0.05, 0.1) is 22.9 Å². The molecule has 0 radical (unpaired) electrons. The Hall–Kier alpha value is -2.49. The molecule has 0 bridgehead atoms. The lowest BCUT2D eigenvalue weighted by molar-refractivity contribution is 0.183. The van der Waals surface area contributed by atoms with Gasteiger partial charge in [0.25, 0.3) is 0 Å². The molecule has 1 heterocycles. The molecule has 0 aliphatic heterocycles. The molecule has 3 aromatic carbocycles. The average molecular weight is 383 g/mol. The van der Waals surface area contributed by atoms with Gasteiger partial charge in [0.15, 0.2) is 0 Å². The molecule has 0 saturated heterocycles. The SMILES string of the molecule is Clc1ccc(OC(Cn2ccnc2)c2ccc3ccccc3c2)cc1Cl. The summed E-state index contributed by atoms with van der Waals surface area (Å²) in [5.41, 5.74) is 1.09. The largest absolute Gasteiger partial charge is 0.484 e. The Balaban J connectivity index is 1.69. The van der Waals surface area contributed by atoms with E-state index in [0.29, 0.717) is 22.3 Å². The molecular weight excluding hydrogens is 367 g/mol. The highest BCUT2D eigenvalue weighted by Crippen LogP contribution is 2.31. The quantitative estimate of drug-likeness (QED) is 0.413. The van der Waals surface area contributed by atoms with Crippen molar-refractivity contribution in [3.8, 4) is 5.75 Å². The molecule has 4 rings (SSSR count). The van der Waals surface area contributed by atoms with Crippen LogP contribution in [0.4, 0.5) is 0 Å². The molecule has 0 fully saturated rings. The predicted octanol–water partition coefficient (Wildman–Crippen LogP) is 6.16. The fourth-order valence-electron chi connectivity index (χ4n) is 2.92. The standard InChI is InChI=1S/C21H16Cl2N2O/c22-19-8-7-18(12-20(19)23)26-21(13-25-10-9-24-14-25)17-6-5-15-3-1-2-4-16(15)11-17/h1-12,14,21H,13H2. The highest BCUT2D eigenvalue weighted by Gasteiger charge is 2.16. The molecule has 1 atom stereocenters. The first kappa shape index (κ1) is 17.0. The lowest BCUT2D eigenvalue weighted by atomic mass is 10.0. The summed E-state index contributed by atoms with van der Waals surface area (Å²) < 4.78 is 8.26. The normalized spacial score (nSPS) is 12.2. The monoisotopic (exact) mass is 382 g/mol. The fraction of sp³-hybridized carbons (Fsp3) is 0.0952. The second-order valence-corrected chi connectivity index (χ2v) is 6.86. The Morgan fingerprint density at radius 2 is 1.77 bits per heavy atom. The number of hydrogen-bond donors (Lipinski definition) is 0. The Kier molecular flexibility index (Phi) is 4.83. The van der Waals surface area contributed by atoms with Gasteiger partial charge < -0.3 is 9.30 Å². The Morgan fingerprint density at radius 3 is 2.54 bits per heavy atom. The highest BCUT2D eigenvalue weighted by molar-refractivity contribution is 6.42. The van der Waals surface area contributed by atoms with E-state index < -0.39 is 0 Å². The summed E-state index contributed by atoms with van der Waals surface area (Å²) in [4.78, 5) is 4.12. The van der Waals surface area contributed by atoms with Gasteiger partial charge in [-0.25, -0.2) is 4.98 Å². The van der Waals surface area contributed by atoms with Crippen molar-refractivity contribution in [2.75, 3.05) is 0 Å². The molecule has 130 valence electrons. The zero-order valence-corrected chi connectivity index (χ0v) is 15.4. The first-order valence-electron chi connectivity index (χ1n) is 8.25. The topological polar surface area (TPSA) is 27.1 Å². The fourth-order valence-corrected chi connectivity index (χ4v) is 3.21. The van der Waals surface area contributed by atoms with E-state index >= 15 is 0 Å². The van der Waals surface area contributed by atoms with Crippen LogP contribution in [0.5, 0.6) is 5.75 Å². The molecule has 0 N–H and O–H groups in total. The average Bonchev–Trinajstić information content (AvgIpc) is 3.17. The second-order valence-electron chi connectivity index (χ2n) is 6.05. The third-order valence-corrected chi connectivity index (χ3v) is 4.99. The summed E-state index contributed by atoms with van der Waals surface area (Å²) in [5.74, 6) is 0.678. The van der Waals surface area contributed by atoms with E-state index in [1.54, 1.807) is 24.7 Å². The first-order chi connectivity index (χ1) is 12.7. The highest BCUT2D eigenvalue weighted by atomic mass is 35.5. The summed E-state index contributed by atoms with van der Waals surface area (Å²) in [5, 5.41) is 3.37. The van der Waals surface area contributed by atoms with Crippen LogP contribution in [0.25, 0.3) is 10.8 Å². The van der Waals surface area contributed by atoms with Gasteiger partial charge in [-0.15, -0.1) is 0 Å². The predicted molar refractivity (Wildman–Crippen MR) is 106 cm³/mol. The van der Waals surface area contributed by atoms with Crippen molar-refractivity contribution in [2.45, 2.75) is 12.6 Å². The van der Waals surface area contributed by atoms with Gasteiger partial charge in [-0.3, -0.25) is 0 Å². The van der Waals surface area contributed by atoms with Crippen LogP contribution in [0.15, 0.2) is 79.4 Å². The van der Waals surface area contributed by atoms with Gasteiger partial charge >= 0.3 is 0 Å². The molecule has 0 aliphatic carbocycles. The van der Waals surface area contributed by atoms with E-state index in [-0.39, 0.29) is 6.10 Å². The Bertz CT molecular complexity index is 1030. The third-order valence-electron chi connectivity index (χ3n) is 4.25. The number of nitrogens with zero attached hydrogens (tertiary/aromatic N) is 2. The summed E-state index contributed by atoms with van der Waals surface area (Å²) in [6.45, 7) is 0.637. The molecule has 0 aliphatic rings. The van der Waals surface area contributed by atoms with Gasteiger partial charge in [-0.2, -0.15) is 0 Å². The van der Waals surface area contributed by atoms with Gasteiger partial charge in [0.1, 0.15) is 11.9 Å². The zero-order chi connectivity index (χ0) is 17.9. The van der Waals surface area contributed by atoms with Crippen molar-refractivity contribution in [2.24, 2.45) is 0 Å². The number of fused-ring (bicyclic) bond motifs is 1. The first-order valence-corrected chi connectivity index (χ1v) is 9.01. The maximum atomic E-state index is 6.27. The van der Waals surface area contributed by atoms with E-state index in [9.17, 15) is 0 Å². The van der Waals surface area contributed by atoms with Crippen molar-refractivity contribution >= 4 is 34.0 Å². The van der Waals surface area contributed by atoms with Crippen LogP contribution in [0.3, 0.4) is 0 Å². The van der Waals surface area contributed by atoms with Crippen LogP contribution < -0.4 is 4.74 Å². The van der Waals surface area contributed by atoms with E-state index in [0.717, 1.165) is 5.56 Å². The van der Waals surface area contributed by atoms with E-state index in [1.165, 1.54) is 10.8 Å². The summed E-state index contributed by atoms with van der Waals surface area (Å²) in [7, 11) is 0. The lowest BCUT2D eigenvalue weighted by Gasteiger charge is -2.21. The molecule has 0 amide bonds. The van der Waals surface area contributed by atoms with Crippen LogP contribution in [-0.4, -0.2) is 9.55 Å². The summed E-state index contributed by atoms with van der Waals surface area (Å²) in [6.07, 6.45) is 5.28. The van der Waals surface area contributed by atoms with Gasteiger partial charge in [-0.1, -0.05) is 59.6 Å². The zero-order valence-electron chi connectivity index (χ0n) is 13.8. The molecule has 26 heavy (non-hydrogen) atoms. The van der Waals surface area contributed by atoms with E-state index in [4.69, 9.17) is 27.9 Å². The maximum absolute atomic E-state index is 6.27. The number of aromatic nitrogens is 2. The van der Waals surface area contributed by atoms with Crippen LogP contribution >= 0.6 is 23.2 Å². The van der Waals surface area contributed by atoms with Crippen molar-refractivity contribution in [1.29, 1.82) is 0 Å². The van der Waals surface area contributed by atoms with Crippen LogP contribution in [0, 0.1) is 0 Å². The van der Waals surface area contributed by atoms with Crippen LogP contribution in [0.1, 0.15) is 11.7 Å². The van der Waals surface area contributed by atoms with Gasteiger partial charge in [0, 0.05) is 18.5 Å². The molecule has 3 nitrogen and oxygen atoms in total. The molecular formula is C21H16Cl2N2O. The Labute approximate surface area is 161 Å². The van der Waals surface area contributed by atoms with Crippen LogP contribution in [-0.2, 0) is 6.54 Å². The summed E-state index contributed by atoms with van der Waals surface area (Å²) >= 11 is 12.2. The maximum Gasteiger partial charge on any atom is 0.142 e. The molecule has 0 spiro atoms. The summed E-state index contributed by atoms with van der Waals surface area (Å²) in [6, 6.07) is 20.0. The molecule has 5 heteroatoms. The number of imidazole rings is 1. The Morgan fingerprint density at radius 1 is 0.923 bits per heavy atom. The van der Waals surface area contributed by atoms with Crippen molar-refractivity contribution in [1.82, 2.24) is 9.55 Å². The number of hydrogen-bond acceptors (Lipinski definition) is 2. The number of halogens is 2. The minimum atomic E-state index is -0.189. The lowest BCUT2D eigenvalue weighted by Crippen LogP contribution is -2.14. The number of rotatable bonds is 5. The van der Waals surface area contributed by atoms with E-state index in [2.05, 4.69) is 35.3 Å². The van der Waals surface area contributed by atoms with Gasteiger partial charge in [0.2, 0.25) is 0 Å². The van der Waals surface area contributed by atoms with E-state index in [1.807, 2.05) is 29.0 Å². The third kappa shape index (κ3) is 3.69. The van der Waals surface area contributed by atoms with Crippen molar-refractivity contribution in [3.05, 3.63) is 95.0 Å². The smallest absolute Gasteiger partial charge is 0.142 e. The molecule has 0 saturated carbocycles. The minimum Gasteiger partial charge on any atom is -0.484 e. The van der Waals surface area contributed by atoms with Gasteiger partial charge in [-0.05, 0) is 34.5 Å². The molecule has 1 unspecified atom stereocenters. The number of benzene rings is 3. The van der Waals surface area contributed by atoms with Crippen LogP contribution in [0.2, 0.25) is 10.0 Å². The van der Waals surface area contributed by atoms with Crippen molar-refractivity contribution in [3.63, 3.8) is 0 Å². The second kappa shape index (κ2) is 7.40. The minimum absolute atomic E-state index is 0.189. The van der Waals surface area contributed by atoms with Crippen molar-refractivity contribution < 1.29 is 4.74 Å². The molecule has 1 aromatic heterocycles. The number of ether oxygens (including phenoxy) is 1.